The van der Waals surface area contributed by atoms with E-state index < -0.39 is 41.8 Å². The smallest absolute Gasteiger partial charge is 0.352 e. The zero-order valence-corrected chi connectivity index (χ0v) is 12.2. The van der Waals surface area contributed by atoms with E-state index in [0.29, 0.717) is 18.6 Å². The van der Waals surface area contributed by atoms with Crippen LogP contribution in [0.3, 0.4) is 0 Å². The molecule has 0 radical (unpaired) electrons. The summed E-state index contributed by atoms with van der Waals surface area (Å²) in [7, 11) is 0. The molecule has 3 nitrogen and oxygen atoms in total. The van der Waals surface area contributed by atoms with E-state index in [1.165, 1.54) is 0 Å². The van der Waals surface area contributed by atoms with Gasteiger partial charge in [-0.15, -0.1) is 0 Å². The van der Waals surface area contributed by atoms with E-state index in [4.69, 9.17) is 5.73 Å². The van der Waals surface area contributed by atoms with Crippen LogP contribution in [0.2, 0.25) is 0 Å². The van der Waals surface area contributed by atoms with Crippen LogP contribution in [-0.2, 0) is 23.7 Å². The summed E-state index contributed by atoms with van der Waals surface area (Å²) in [4.78, 5) is 11.9. The van der Waals surface area contributed by atoms with Crippen LogP contribution in [0.25, 0.3) is 0 Å². The molecule has 3 N–H and O–H groups in total. The van der Waals surface area contributed by atoms with Crippen molar-refractivity contribution in [3.63, 3.8) is 0 Å². The van der Waals surface area contributed by atoms with Gasteiger partial charge in [-0.05, 0) is 30.2 Å². The third-order valence-corrected chi connectivity index (χ3v) is 3.57. The molecule has 132 valence electrons. The minimum absolute atomic E-state index is 0.0457. The van der Waals surface area contributed by atoms with Crippen LogP contribution >= 0.6 is 0 Å². The molecule has 0 heterocycles. The Bertz CT molecular complexity index is 618. The van der Waals surface area contributed by atoms with Gasteiger partial charge in [-0.25, -0.2) is 0 Å². The highest BCUT2D eigenvalue weighted by Crippen LogP contribution is 2.36. The zero-order valence-electron chi connectivity index (χ0n) is 12.2. The SMILES string of the molecule is N[C@@H]1C=C[C@H](C(=O)NCc2cc(C(F)(F)F)cc(C(F)(F)F)c2)C1. The van der Waals surface area contributed by atoms with Gasteiger partial charge in [0, 0.05) is 12.6 Å². The van der Waals surface area contributed by atoms with Crippen LogP contribution in [0.15, 0.2) is 30.4 Å². The molecule has 1 aliphatic rings. The molecule has 0 saturated heterocycles. The van der Waals surface area contributed by atoms with Crippen molar-refractivity contribution in [2.45, 2.75) is 31.4 Å². The highest BCUT2D eigenvalue weighted by molar-refractivity contribution is 5.81. The van der Waals surface area contributed by atoms with Crippen molar-refractivity contribution in [1.29, 1.82) is 0 Å². The number of hydrogen-bond acceptors (Lipinski definition) is 2. The maximum atomic E-state index is 12.7. The zero-order chi connectivity index (χ0) is 18.1. The van der Waals surface area contributed by atoms with E-state index in [1.54, 1.807) is 12.2 Å². The van der Waals surface area contributed by atoms with E-state index in [0.717, 1.165) is 0 Å². The van der Waals surface area contributed by atoms with Crippen LogP contribution in [0, 0.1) is 5.92 Å². The molecule has 2 rings (SSSR count). The lowest BCUT2D eigenvalue weighted by Crippen LogP contribution is -2.30. The number of nitrogens with one attached hydrogen (secondary N) is 1. The molecule has 1 aliphatic carbocycles. The first kappa shape index (κ1) is 18.3. The second-order valence-corrected chi connectivity index (χ2v) is 5.52. The Labute approximate surface area is 133 Å². The molecule has 24 heavy (non-hydrogen) atoms. The molecule has 0 aliphatic heterocycles. The molecule has 0 bridgehead atoms. The number of alkyl halides is 6. The highest BCUT2D eigenvalue weighted by atomic mass is 19.4. The maximum absolute atomic E-state index is 12.7. The third kappa shape index (κ3) is 4.50. The van der Waals surface area contributed by atoms with E-state index in [-0.39, 0.29) is 17.7 Å². The molecule has 0 unspecified atom stereocenters. The molecule has 0 aromatic heterocycles. The number of nitrogens with two attached hydrogens (primary N) is 1. The van der Waals surface area contributed by atoms with Gasteiger partial charge in [0.15, 0.2) is 0 Å². The summed E-state index contributed by atoms with van der Waals surface area (Å²) >= 11 is 0. The van der Waals surface area contributed by atoms with Gasteiger partial charge in [-0.2, -0.15) is 26.3 Å². The second kappa shape index (κ2) is 6.46. The predicted molar refractivity (Wildman–Crippen MR) is 73.5 cm³/mol. The number of halogens is 6. The summed E-state index contributed by atoms with van der Waals surface area (Å²) in [5.41, 5.74) is 2.48. The molecule has 0 fully saturated rings. The van der Waals surface area contributed by atoms with Crippen molar-refractivity contribution in [2.24, 2.45) is 11.7 Å². The molecule has 0 spiro atoms. The monoisotopic (exact) mass is 352 g/mol. The summed E-state index contributed by atoms with van der Waals surface area (Å²) in [6.07, 6.45) is -6.30. The van der Waals surface area contributed by atoms with E-state index in [2.05, 4.69) is 5.32 Å². The maximum Gasteiger partial charge on any atom is 0.416 e. The Kier molecular flexibility index (Phi) is 4.93. The number of benzene rings is 1. The first-order valence-corrected chi connectivity index (χ1v) is 6.97. The number of amides is 1. The van der Waals surface area contributed by atoms with Gasteiger partial charge < -0.3 is 11.1 Å². The first-order valence-electron chi connectivity index (χ1n) is 6.97. The highest BCUT2D eigenvalue weighted by Gasteiger charge is 2.36. The molecular formula is C15H14F6N2O. The average Bonchev–Trinajstić information content (AvgIpc) is 2.89. The third-order valence-electron chi connectivity index (χ3n) is 3.57. The van der Waals surface area contributed by atoms with Crippen LogP contribution < -0.4 is 11.1 Å². The standard InChI is InChI=1S/C15H14F6N2O/c16-14(17,18)10-3-8(4-11(6-10)15(19,20)21)7-23-13(24)9-1-2-12(22)5-9/h1-4,6,9,12H,5,7,22H2,(H,23,24)/t9-,12+/m0/s1. The largest absolute Gasteiger partial charge is 0.416 e. The van der Waals surface area contributed by atoms with Crippen molar-refractivity contribution in [3.05, 3.63) is 47.0 Å². The van der Waals surface area contributed by atoms with Gasteiger partial charge in [0.1, 0.15) is 0 Å². The molecule has 1 aromatic carbocycles. The van der Waals surface area contributed by atoms with Gasteiger partial charge in [0.25, 0.3) is 0 Å². The lowest BCUT2D eigenvalue weighted by Gasteiger charge is -2.15. The molecule has 0 saturated carbocycles. The number of carbonyl (C=O) groups excluding carboxylic acids is 1. The Morgan fingerprint density at radius 3 is 2.00 bits per heavy atom. The summed E-state index contributed by atoms with van der Waals surface area (Å²) in [6.45, 7) is -0.439. The van der Waals surface area contributed by atoms with E-state index in [9.17, 15) is 31.1 Å². The average molecular weight is 352 g/mol. The minimum Gasteiger partial charge on any atom is -0.352 e. The summed E-state index contributed by atoms with van der Waals surface area (Å²) in [6, 6.07) is 0.938. The van der Waals surface area contributed by atoms with E-state index >= 15 is 0 Å². The molecular weight excluding hydrogens is 338 g/mol. The van der Waals surface area contributed by atoms with Gasteiger partial charge in [0.05, 0.1) is 17.0 Å². The van der Waals surface area contributed by atoms with Gasteiger partial charge in [0.2, 0.25) is 5.91 Å². The lowest BCUT2D eigenvalue weighted by atomic mass is 10.0. The fourth-order valence-electron chi connectivity index (χ4n) is 2.36. The van der Waals surface area contributed by atoms with E-state index in [1.807, 2.05) is 0 Å². The molecule has 1 amide bonds. The Morgan fingerprint density at radius 2 is 1.58 bits per heavy atom. The lowest BCUT2D eigenvalue weighted by molar-refractivity contribution is -0.143. The number of hydrogen-bond donors (Lipinski definition) is 2. The normalized spacial score (nSPS) is 21.1. The van der Waals surface area contributed by atoms with Crippen LogP contribution in [-0.4, -0.2) is 11.9 Å². The van der Waals surface area contributed by atoms with Crippen molar-refractivity contribution in [2.75, 3.05) is 0 Å². The van der Waals surface area contributed by atoms with Crippen LogP contribution in [0.1, 0.15) is 23.1 Å². The van der Waals surface area contributed by atoms with Crippen molar-refractivity contribution in [3.8, 4) is 0 Å². The summed E-state index contributed by atoms with van der Waals surface area (Å²) in [5, 5.41) is 2.34. The van der Waals surface area contributed by atoms with Crippen molar-refractivity contribution < 1.29 is 31.1 Å². The second-order valence-electron chi connectivity index (χ2n) is 5.52. The van der Waals surface area contributed by atoms with Gasteiger partial charge in [-0.1, -0.05) is 12.2 Å². The Hall–Kier alpha value is -2.03. The topological polar surface area (TPSA) is 55.1 Å². The molecule has 2 atom stereocenters. The van der Waals surface area contributed by atoms with Crippen LogP contribution in [0.4, 0.5) is 26.3 Å². The van der Waals surface area contributed by atoms with Gasteiger partial charge >= 0.3 is 12.4 Å². The predicted octanol–water partition coefficient (Wildman–Crippen LogP) is 3.24. The summed E-state index contributed by atoms with van der Waals surface area (Å²) < 4.78 is 76.5. The molecule has 1 aromatic rings. The Morgan fingerprint density at radius 1 is 1.04 bits per heavy atom. The fraction of sp³-hybridized carbons (Fsp3) is 0.400. The summed E-state index contributed by atoms with van der Waals surface area (Å²) in [5.74, 6) is -1.03. The first-order chi connectivity index (χ1) is 11.0. The minimum atomic E-state index is -4.92. The Balaban J connectivity index is 2.17. The molecule has 9 heteroatoms. The van der Waals surface area contributed by atoms with Crippen LogP contribution in [0.5, 0.6) is 0 Å². The van der Waals surface area contributed by atoms with Gasteiger partial charge in [-0.3, -0.25) is 4.79 Å². The quantitative estimate of drug-likeness (QED) is 0.648. The van der Waals surface area contributed by atoms with Crippen molar-refractivity contribution >= 4 is 5.91 Å². The number of carbonyl (C=O) groups is 1. The fourth-order valence-corrected chi connectivity index (χ4v) is 2.36. The number of rotatable bonds is 3. The van der Waals surface area contributed by atoms with Crippen molar-refractivity contribution in [1.82, 2.24) is 5.32 Å².